The number of carbonyl (C=O) groups excluding carboxylic acids is 1. The van der Waals surface area contributed by atoms with Gasteiger partial charge in [0, 0.05) is 18.8 Å². The van der Waals surface area contributed by atoms with Gasteiger partial charge in [0.1, 0.15) is 5.69 Å². The first kappa shape index (κ1) is 16.0. The first-order chi connectivity index (χ1) is 10.2. The standard InChI is InChI=1S/C16H27N3O2/c1-3-14(4-2)19-15(9-10-17-19)16(21)18-13-7-5-12(11-20)6-8-13/h9-10,12-14,20H,3-8,11H2,1-2H3,(H,18,21). The highest BCUT2D eigenvalue weighted by Gasteiger charge is 2.24. The molecule has 0 aromatic carbocycles. The number of amides is 1. The Hall–Kier alpha value is -1.36. The van der Waals surface area contributed by atoms with E-state index in [0.29, 0.717) is 11.6 Å². The summed E-state index contributed by atoms with van der Waals surface area (Å²) in [6.45, 7) is 4.50. The van der Waals surface area contributed by atoms with Gasteiger partial charge in [-0.1, -0.05) is 13.8 Å². The van der Waals surface area contributed by atoms with Gasteiger partial charge in [-0.25, -0.2) is 0 Å². The van der Waals surface area contributed by atoms with Crippen molar-refractivity contribution in [3.8, 4) is 0 Å². The van der Waals surface area contributed by atoms with Crippen molar-refractivity contribution in [1.82, 2.24) is 15.1 Å². The predicted octanol–water partition coefficient (Wildman–Crippen LogP) is 2.53. The first-order valence-corrected chi connectivity index (χ1v) is 8.14. The average Bonchev–Trinajstić information content (AvgIpc) is 2.99. The van der Waals surface area contributed by atoms with Gasteiger partial charge >= 0.3 is 0 Å². The van der Waals surface area contributed by atoms with E-state index in [4.69, 9.17) is 5.11 Å². The lowest BCUT2D eigenvalue weighted by Gasteiger charge is -2.28. The van der Waals surface area contributed by atoms with Gasteiger partial charge in [0.2, 0.25) is 0 Å². The fraction of sp³-hybridized carbons (Fsp3) is 0.750. The monoisotopic (exact) mass is 293 g/mol. The molecular weight excluding hydrogens is 266 g/mol. The molecule has 0 atom stereocenters. The molecule has 5 nitrogen and oxygen atoms in total. The van der Waals surface area contributed by atoms with Gasteiger partial charge < -0.3 is 10.4 Å². The lowest BCUT2D eigenvalue weighted by molar-refractivity contribution is 0.0900. The highest BCUT2D eigenvalue weighted by molar-refractivity contribution is 5.92. The summed E-state index contributed by atoms with van der Waals surface area (Å²) in [6.07, 6.45) is 7.54. The van der Waals surface area contributed by atoms with Crippen LogP contribution < -0.4 is 5.32 Å². The van der Waals surface area contributed by atoms with E-state index in [2.05, 4.69) is 24.3 Å². The Morgan fingerprint density at radius 2 is 2.05 bits per heavy atom. The number of hydrogen-bond acceptors (Lipinski definition) is 3. The summed E-state index contributed by atoms with van der Waals surface area (Å²) in [5.41, 5.74) is 0.660. The molecule has 0 unspecified atom stereocenters. The van der Waals surface area contributed by atoms with Crippen LogP contribution >= 0.6 is 0 Å². The molecule has 5 heteroatoms. The minimum Gasteiger partial charge on any atom is -0.396 e. The van der Waals surface area contributed by atoms with Crippen molar-refractivity contribution < 1.29 is 9.90 Å². The van der Waals surface area contributed by atoms with Crippen LogP contribution in [0.15, 0.2) is 12.3 Å². The van der Waals surface area contributed by atoms with Crippen molar-refractivity contribution in [2.75, 3.05) is 6.61 Å². The van der Waals surface area contributed by atoms with Crippen molar-refractivity contribution in [2.45, 2.75) is 64.5 Å². The van der Waals surface area contributed by atoms with Crippen LogP contribution in [0, 0.1) is 5.92 Å². The fourth-order valence-electron chi connectivity index (χ4n) is 3.17. The Morgan fingerprint density at radius 1 is 1.38 bits per heavy atom. The Kier molecular flexibility index (Phi) is 5.79. The van der Waals surface area contributed by atoms with Crippen molar-refractivity contribution >= 4 is 5.91 Å². The quantitative estimate of drug-likeness (QED) is 0.847. The van der Waals surface area contributed by atoms with E-state index in [-0.39, 0.29) is 24.6 Å². The molecule has 1 fully saturated rings. The minimum atomic E-state index is -0.0214. The van der Waals surface area contributed by atoms with E-state index in [1.54, 1.807) is 12.3 Å². The molecule has 1 aliphatic rings. The zero-order chi connectivity index (χ0) is 15.2. The second-order valence-corrected chi connectivity index (χ2v) is 6.01. The number of rotatable bonds is 6. The number of aliphatic hydroxyl groups is 1. The molecule has 118 valence electrons. The average molecular weight is 293 g/mol. The zero-order valence-electron chi connectivity index (χ0n) is 13.1. The van der Waals surface area contributed by atoms with Gasteiger partial charge in [0.25, 0.3) is 5.91 Å². The third-order valence-electron chi connectivity index (χ3n) is 4.63. The van der Waals surface area contributed by atoms with Crippen LogP contribution in [0.3, 0.4) is 0 Å². The maximum atomic E-state index is 12.5. The number of nitrogens with zero attached hydrogens (tertiary/aromatic N) is 2. The molecule has 2 N–H and O–H groups in total. The van der Waals surface area contributed by atoms with Crippen LogP contribution in [0.1, 0.15) is 68.9 Å². The van der Waals surface area contributed by atoms with Gasteiger partial charge in [-0.3, -0.25) is 9.48 Å². The Balaban J connectivity index is 1.97. The van der Waals surface area contributed by atoms with E-state index in [1.807, 2.05) is 4.68 Å². The maximum absolute atomic E-state index is 12.5. The van der Waals surface area contributed by atoms with E-state index in [1.165, 1.54) is 0 Å². The smallest absolute Gasteiger partial charge is 0.269 e. The predicted molar refractivity (Wildman–Crippen MR) is 82.1 cm³/mol. The number of aliphatic hydroxyl groups excluding tert-OH is 1. The van der Waals surface area contributed by atoms with Crippen molar-refractivity contribution in [3.05, 3.63) is 18.0 Å². The summed E-state index contributed by atoms with van der Waals surface area (Å²) >= 11 is 0. The lowest BCUT2D eigenvalue weighted by Crippen LogP contribution is -2.39. The fourth-order valence-corrected chi connectivity index (χ4v) is 3.17. The second kappa shape index (κ2) is 7.59. The van der Waals surface area contributed by atoms with Gasteiger partial charge in [-0.2, -0.15) is 5.10 Å². The molecule has 2 rings (SSSR count). The van der Waals surface area contributed by atoms with Gasteiger partial charge in [-0.15, -0.1) is 0 Å². The first-order valence-electron chi connectivity index (χ1n) is 8.14. The summed E-state index contributed by atoms with van der Waals surface area (Å²) in [7, 11) is 0. The molecule has 0 aliphatic heterocycles. The number of hydrogen-bond donors (Lipinski definition) is 2. The summed E-state index contributed by atoms with van der Waals surface area (Å²) in [5, 5.41) is 16.6. The van der Waals surface area contributed by atoms with E-state index >= 15 is 0 Å². The molecule has 1 aliphatic carbocycles. The SMILES string of the molecule is CCC(CC)n1nccc1C(=O)NC1CCC(CO)CC1. The van der Waals surface area contributed by atoms with E-state index in [0.717, 1.165) is 38.5 Å². The molecule has 1 heterocycles. The van der Waals surface area contributed by atoms with Crippen molar-refractivity contribution in [3.63, 3.8) is 0 Å². The van der Waals surface area contributed by atoms with E-state index < -0.39 is 0 Å². The molecule has 1 aromatic rings. The summed E-state index contributed by atoms with van der Waals surface area (Å²) < 4.78 is 1.86. The summed E-state index contributed by atoms with van der Waals surface area (Å²) in [5.74, 6) is 0.389. The number of aromatic nitrogens is 2. The Morgan fingerprint density at radius 3 is 2.62 bits per heavy atom. The Bertz CT molecular complexity index is 446. The molecule has 1 saturated carbocycles. The third-order valence-corrected chi connectivity index (χ3v) is 4.63. The molecule has 0 saturated heterocycles. The molecule has 21 heavy (non-hydrogen) atoms. The van der Waals surface area contributed by atoms with Crippen molar-refractivity contribution in [1.29, 1.82) is 0 Å². The van der Waals surface area contributed by atoms with Crippen molar-refractivity contribution in [2.24, 2.45) is 5.92 Å². The third kappa shape index (κ3) is 3.84. The topological polar surface area (TPSA) is 67.2 Å². The minimum absolute atomic E-state index is 0.0214. The lowest BCUT2D eigenvalue weighted by atomic mass is 9.86. The van der Waals surface area contributed by atoms with Gasteiger partial charge in [-0.05, 0) is 50.5 Å². The molecule has 0 radical (unpaired) electrons. The summed E-state index contributed by atoms with van der Waals surface area (Å²) in [4.78, 5) is 12.5. The second-order valence-electron chi connectivity index (χ2n) is 6.01. The van der Waals surface area contributed by atoms with Crippen LogP contribution in [0.5, 0.6) is 0 Å². The largest absolute Gasteiger partial charge is 0.396 e. The normalized spacial score (nSPS) is 22.5. The maximum Gasteiger partial charge on any atom is 0.269 e. The highest BCUT2D eigenvalue weighted by Crippen LogP contribution is 2.24. The van der Waals surface area contributed by atoms with Gasteiger partial charge in [0.05, 0.1) is 6.04 Å². The van der Waals surface area contributed by atoms with Crippen LogP contribution in [-0.2, 0) is 0 Å². The highest BCUT2D eigenvalue weighted by atomic mass is 16.3. The summed E-state index contributed by atoms with van der Waals surface area (Å²) in [6, 6.07) is 2.31. The molecule has 0 bridgehead atoms. The van der Waals surface area contributed by atoms with E-state index in [9.17, 15) is 4.79 Å². The molecular formula is C16H27N3O2. The Labute approximate surface area is 126 Å². The van der Waals surface area contributed by atoms with Crippen LogP contribution in [0.25, 0.3) is 0 Å². The van der Waals surface area contributed by atoms with Crippen LogP contribution in [0.4, 0.5) is 0 Å². The number of nitrogens with one attached hydrogen (secondary N) is 1. The van der Waals surface area contributed by atoms with Gasteiger partial charge in [0.15, 0.2) is 0 Å². The molecule has 1 amide bonds. The van der Waals surface area contributed by atoms with Crippen LogP contribution in [0.2, 0.25) is 0 Å². The number of carbonyl (C=O) groups is 1. The molecule has 0 spiro atoms. The zero-order valence-corrected chi connectivity index (χ0v) is 13.1. The van der Waals surface area contributed by atoms with Crippen LogP contribution in [-0.4, -0.2) is 33.4 Å². The molecule has 1 aromatic heterocycles.